The van der Waals surface area contributed by atoms with Crippen LogP contribution in [0.2, 0.25) is 0 Å². The normalized spacial score (nSPS) is 18.2. The fraction of sp³-hybridized carbons (Fsp3) is 0.800. The number of likely N-dealkylation sites (tertiary alicyclic amines) is 1. The lowest BCUT2D eigenvalue weighted by atomic mass is 9.98. The summed E-state index contributed by atoms with van der Waals surface area (Å²) in [5.41, 5.74) is 0. The molecule has 6 heteroatoms. The number of ether oxygens (including phenoxy) is 1. The minimum Gasteiger partial charge on any atom is -0.466 e. The van der Waals surface area contributed by atoms with Crippen LogP contribution in [-0.2, 0) is 19.1 Å². The van der Waals surface area contributed by atoms with Gasteiger partial charge in [-0.2, -0.15) is 0 Å². The van der Waals surface area contributed by atoms with Crippen molar-refractivity contribution in [2.24, 2.45) is 5.92 Å². The number of amides is 2. The average Bonchev–Trinajstić information content (AvgIpc) is 2.51. The molecule has 1 atom stereocenters. The summed E-state index contributed by atoms with van der Waals surface area (Å²) in [7, 11) is 1.64. The van der Waals surface area contributed by atoms with Gasteiger partial charge in [-0.25, -0.2) is 0 Å². The van der Waals surface area contributed by atoms with Crippen molar-refractivity contribution >= 4 is 17.8 Å². The van der Waals surface area contributed by atoms with Crippen molar-refractivity contribution in [1.29, 1.82) is 0 Å². The van der Waals surface area contributed by atoms with Crippen LogP contribution in [0.5, 0.6) is 0 Å². The zero-order valence-corrected chi connectivity index (χ0v) is 13.3. The molecule has 0 radical (unpaired) electrons. The fourth-order valence-corrected chi connectivity index (χ4v) is 2.41. The molecular weight excluding hydrogens is 272 g/mol. The molecule has 21 heavy (non-hydrogen) atoms. The quantitative estimate of drug-likeness (QED) is 0.562. The smallest absolute Gasteiger partial charge is 0.312 e. The summed E-state index contributed by atoms with van der Waals surface area (Å²) in [6.07, 6.45) is 3.28. The van der Waals surface area contributed by atoms with E-state index >= 15 is 0 Å². The number of nitrogens with zero attached hydrogens (tertiary/aromatic N) is 2. The molecule has 0 spiro atoms. The van der Waals surface area contributed by atoms with Crippen molar-refractivity contribution in [3.63, 3.8) is 0 Å². The molecule has 0 aromatic rings. The van der Waals surface area contributed by atoms with E-state index < -0.39 is 11.8 Å². The third-order valence-corrected chi connectivity index (χ3v) is 3.71. The molecule has 0 bridgehead atoms. The number of carbonyl (C=O) groups excluding carboxylic acids is 3. The standard InChI is InChI=1S/C15H26N2O4/c1-4-6-9-16(3)13(18)14(19)17-10-7-8-12(11-17)15(20)21-5-2/h12H,4-11H2,1-3H3. The van der Waals surface area contributed by atoms with Crippen molar-refractivity contribution in [3.8, 4) is 0 Å². The Kier molecular flexibility index (Phi) is 7.19. The van der Waals surface area contributed by atoms with Crippen molar-refractivity contribution in [2.45, 2.75) is 39.5 Å². The number of rotatable bonds is 5. The summed E-state index contributed by atoms with van der Waals surface area (Å²) in [6, 6.07) is 0. The molecule has 0 aromatic heterocycles. The van der Waals surface area contributed by atoms with Crippen LogP contribution in [0.4, 0.5) is 0 Å². The molecule has 1 unspecified atom stereocenters. The number of piperidine rings is 1. The largest absolute Gasteiger partial charge is 0.466 e. The van der Waals surface area contributed by atoms with Crippen molar-refractivity contribution in [3.05, 3.63) is 0 Å². The number of esters is 1. The summed E-state index contributed by atoms with van der Waals surface area (Å²) in [5, 5.41) is 0. The van der Waals surface area contributed by atoms with Crippen molar-refractivity contribution in [2.75, 3.05) is 33.3 Å². The Morgan fingerprint density at radius 1 is 1.29 bits per heavy atom. The van der Waals surface area contributed by atoms with E-state index in [4.69, 9.17) is 4.74 Å². The summed E-state index contributed by atoms with van der Waals surface area (Å²) in [4.78, 5) is 39.0. The molecule has 2 amide bonds. The summed E-state index contributed by atoms with van der Waals surface area (Å²) in [6.45, 7) is 5.52. The second-order valence-electron chi connectivity index (χ2n) is 5.42. The number of hydrogen-bond donors (Lipinski definition) is 0. The molecule has 1 fully saturated rings. The number of likely N-dealkylation sites (N-methyl/N-ethyl adjacent to an activating group) is 1. The topological polar surface area (TPSA) is 66.9 Å². The number of carbonyl (C=O) groups is 3. The average molecular weight is 298 g/mol. The van der Waals surface area contributed by atoms with Gasteiger partial charge in [0.2, 0.25) is 0 Å². The van der Waals surface area contributed by atoms with Crippen LogP contribution in [0, 0.1) is 5.92 Å². The Morgan fingerprint density at radius 3 is 2.62 bits per heavy atom. The van der Waals surface area contributed by atoms with Crippen LogP contribution >= 0.6 is 0 Å². The van der Waals surface area contributed by atoms with Gasteiger partial charge in [0.15, 0.2) is 0 Å². The summed E-state index contributed by atoms with van der Waals surface area (Å²) < 4.78 is 5.00. The van der Waals surface area contributed by atoms with Crippen LogP contribution < -0.4 is 0 Å². The van der Waals surface area contributed by atoms with E-state index in [1.54, 1.807) is 14.0 Å². The molecule has 0 aliphatic carbocycles. The molecule has 1 rings (SSSR count). The molecule has 120 valence electrons. The maximum atomic E-state index is 12.2. The van der Waals surface area contributed by atoms with Crippen LogP contribution in [0.25, 0.3) is 0 Å². The Hall–Kier alpha value is -1.59. The van der Waals surface area contributed by atoms with E-state index in [1.807, 2.05) is 6.92 Å². The molecule has 1 aliphatic rings. The highest BCUT2D eigenvalue weighted by atomic mass is 16.5. The van der Waals surface area contributed by atoms with E-state index in [0.717, 1.165) is 19.3 Å². The molecule has 0 aromatic carbocycles. The minimum absolute atomic E-state index is 0.276. The second kappa shape index (κ2) is 8.64. The highest BCUT2D eigenvalue weighted by Gasteiger charge is 2.32. The Bertz CT molecular complexity index is 384. The van der Waals surface area contributed by atoms with E-state index in [2.05, 4.69) is 0 Å². The van der Waals surface area contributed by atoms with Gasteiger partial charge in [-0.1, -0.05) is 13.3 Å². The van der Waals surface area contributed by atoms with Gasteiger partial charge >= 0.3 is 17.8 Å². The zero-order valence-electron chi connectivity index (χ0n) is 13.3. The Labute approximate surface area is 126 Å². The predicted molar refractivity (Wildman–Crippen MR) is 78.5 cm³/mol. The van der Waals surface area contributed by atoms with Crippen LogP contribution in [0.3, 0.4) is 0 Å². The third kappa shape index (κ3) is 5.02. The predicted octanol–water partition coefficient (Wildman–Crippen LogP) is 1.05. The lowest BCUT2D eigenvalue weighted by Gasteiger charge is -2.32. The lowest BCUT2D eigenvalue weighted by molar-refractivity contribution is -0.156. The lowest BCUT2D eigenvalue weighted by Crippen LogP contribution is -2.49. The van der Waals surface area contributed by atoms with Crippen LogP contribution in [-0.4, -0.2) is 60.9 Å². The van der Waals surface area contributed by atoms with Gasteiger partial charge in [0, 0.05) is 26.7 Å². The second-order valence-corrected chi connectivity index (χ2v) is 5.42. The SMILES string of the molecule is CCCCN(C)C(=O)C(=O)N1CCCC(C(=O)OCC)C1. The van der Waals surface area contributed by atoms with Gasteiger partial charge in [-0.3, -0.25) is 14.4 Å². The van der Waals surface area contributed by atoms with Crippen molar-refractivity contribution in [1.82, 2.24) is 9.80 Å². The van der Waals surface area contributed by atoms with Gasteiger partial charge in [0.1, 0.15) is 0 Å². The molecule has 0 N–H and O–H groups in total. The van der Waals surface area contributed by atoms with E-state index in [-0.39, 0.29) is 18.4 Å². The molecule has 1 heterocycles. The Balaban J connectivity index is 2.57. The van der Waals surface area contributed by atoms with Gasteiger partial charge in [0.05, 0.1) is 12.5 Å². The van der Waals surface area contributed by atoms with E-state index in [9.17, 15) is 14.4 Å². The molecular formula is C15H26N2O4. The highest BCUT2D eigenvalue weighted by Crippen LogP contribution is 2.18. The first-order chi connectivity index (χ1) is 10.0. The van der Waals surface area contributed by atoms with Gasteiger partial charge in [0.25, 0.3) is 0 Å². The van der Waals surface area contributed by atoms with Gasteiger partial charge < -0.3 is 14.5 Å². The molecule has 1 aliphatic heterocycles. The summed E-state index contributed by atoms with van der Waals surface area (Å²) >= 11 is 0. The Morgan fingerprint density at radius 2 is 2.00 bits per heavy atom. The molecule has 6 nitrogen and oxygen atoms in total. The number of unbranched alkanes of at least 4 members (excludes halogenated alkanes) is 1. The molecule has 1 saturated heterocycles. The van der Waals surface area contributed by atoms with Crippen LogP contribution in [0.1, 0.15) is 39.5 Å². The first kappa shape index (κ1) is 17.5. The van der Waals surface area contributed by atoms with Crippen molar-refractivity contribution < 1.29 is 19.1 Å². The number of hydrogen-bond acceptors (Lipinski definition) is 4. The first-order valence-corrected chi connectivity index (χ1v) is 7.72. The fourth-order valence-electron chi connectivity index (χ4n) is 2.41. The maximum Gasteiger partial charge on any atom is 0.312 e. The summed E-state index contributed by atoms with van der Waals surface area (Å²) in [5.74, 6) is -1.59. The van der Waals surface area contributed by atoms with Gasteiger partial charge in [-0.15, -0.1) is 0 Å². The monoisotopic (exact) mass is 298 g/mol. The zero-order chi connectivity index (χ0) is 15.8. The van der Waals surface area contributed by atoms with Gasteiger partial charge in [-0.05, 0) is 26.2 Å². The third-order valence-electron chi connectivity index (χ3n) is 3.71. The first-order valence-electron chi connectivity index (χ1n) is 7.72. The minimum atomic E-state index is -0.511. The maximum absolute atomic E-state index is 12.2. The van der Waals surface area contributed by atoms with Crippen LogP contribution in [0.15, 0.2) is 0 Å². The van der Waals surface area contributed by atoms with E-state index in [1.165, 1.54) is 9.80 Å². The highest BCUT2D eigenvalue weighted by molar-refractivity contribution is 6.34. The van der Waals surface area contributed by atoms with E-state index in [0.29, 0.717) is 26.1 Å². The molecule has 0 saturated carbocycles.